The van der Waals surface area contributed by atoms with Crippen LogP contribution in [0.25, 0.3) is 11.3 Å². The second-order valence-electron chi connectivity index (χ2n) is 4.41. The maximum Gasteiger partial charge on any atom is 0.186 e. The van der Waals surface area contributed by atoms with Crippen molar-refractivity contribution in [2.45, 2.75) is 10.1 Å². The Morgan fingerprint density at radius 1 is 1.32 bits per heavy atom. The number of rotatable bonds is 3. The van der Waals surface area contributed by atoms with Gasteiger partial charge in [-0.2, -0.15) is 5.10 Å². The average Bonchev–Trinajstić information content (AvgIpc) is 2.73. The van der Waals surface area contributed by atoms with Crippen LogP contribution in [-0.2, 0) is 14.6 Å². The lowest BCUT2D eigenvalue weighted by molar-refractivity contribution is 0.0416. The fourth-order valence-electron chi connectivity index (χ4n) is 1.99. The molecule has 1 saturated heterocycles. The van der Waals surface area contributed by atoms with E-state index in [-0.39, 0.29) is 18.1 Å². The van der Waals surface area contributed by atoms with E-state index in [1.54, 1.807) is 30.3 Å². The van der Waals surface area contributed by atoms with Gasteiger partial charge in [0.15, 0.2) is 9.84 Å². The number of nitrogens with one attached hydrogen (secondary N) is 1. The molecule has 1 aliphatic rings. The molecule has 1 fully saturated rings. The summed E-state index contributed by atoms with van der Waals surface area (Å²) < 4.78 is 29.9. The topological polar surface area (TPSA) is 98.1 Å². The van der Waals surface area contributed by atoms with Crippen molar-refractivity contribution in [3.8, 4) is 11.3 Å². The third-order valence-corrected chi connectivity index (χ3v) is 5.25. The first kappa shape index (κ1) is 12.2. The van der Waals surface area contributed by atoms with E-state index in [9.17, 15) is 8.42 Å². The summed E-state index contributed by atoms with van der Waals surface area (Å²) in [6, 6.07) is 8.43. The number of hydrogen-bond acceptors (Lipinski definition) is 5. The van der Waals surface area contributed by atoms with Gasteiger partial charge in [-0.3, -0.25) is 5.10 Å². The maximum atomic E-state index is 12.5. The van der Waals surface area contributed by atoms with Crippen LogP contribution in [0.4, 0.5) is 5.82 Å². The van der Waals surface area contributed by atoms with E-state index >= 15 is 0 Å². The molecule has 0 spiro atoms. The highest BCUT2D eigenvalue weighted by Gasteiger charge is 2.35. The van der Waals surface area contributed by atoms with Crippen molar-refractivity contribution in [1.29, 1.82) is 0 Å². The average molecular weight is 279 g/mol. The SMILES string of the molecule is Nc1cc(-c2ccccc2S(=O)(=O)C2COC2)[nH]n1. The van der Waals surface area contributed by atoms with Gasteiger partial charge in [-0.1, -0.05) is 18.2 Å². The number of aromatic amines is 1. The molecule has 0 bridgehead atoms. The Balaban J connectivity index is 2.12. The maximum absolute atomic E-state index is 12.5. The first-order chi connectivity index (χ1) is 9.09. The molecular formula is C12H13N3O3S. The number of nitrogens with zero attached hydrogens (tertiary/aromatic N) is 1. The number of aromatic nitrogens is 2. The van der Waals surface area contributed by atoms with Gasteiger partial charge < -0.3 is 10.5 Å². The van der Waals surface area contributed by atoms with Crippen LogP contribution in [0.2, 0.25) is 0 Å². The van der Waals surface area contributed by atoms with Crippen molar-refractivity contribution < 1.29 is 13.2 Å². The minimum atomic E-state index is -3.39. The zero-order valence-electron chi connectivity index (χ0n) is 10.0. The van der Waals surface area contributed by atoms with Gasteiger partial charge in [0.2, 0.25) is 0 Å². The highest BCUT2D eigenvalue weighted by atomic mass is 32.2. The minimum absolute atomic E-state index is 0.252. The fourth-order valence-corrected chi connectivity index (χ4v) is 3.65. The molecule has 1 aliphatic heterocycles. The number of sulfone groups is 1. The monoisotopic (exact) mass is 279 g/mol. The Morgan fingerprint density at radius 2 is 2.05 bits per heavy atom. The Morgan fingerprint density at radius 3 is 2.63 bits per heavy atom. The highest BCUT2D eigenvalue weighted by molar-refractivity contribution is 7.92. The van der Waals surface area contributed by atoms with Crippen LogP contribution in [0.1, 0.15) is 0 Å². The van der Waals surface area contributed by atoms with E-state index < -0.39 is 15.1 Å². The zero-order chi connectivity index (χ0) is 13.5. The first-order valence-electron chi connectivity index (χ1n) is 5.81. The van der Waals surface area contributed by atoms with E-state index in [2.05, 4.69) is 10.2 Å². The highest BCUT2D eigenvalue weighted by Crippen LogP contribution is 2.30. The van der Waals surface area contributed by atoms with E-state index in [1.165, 1.54) is 0 Å². The molecule has 100 valence electrons. The molecule has 0 aliphatic carbocycles. The van der Waals surface area contributed by atoms with Gasteiger partial charge in [0.05, 0.1) is 23.8 Å². The number of benzene rings is 1. The van der Waals surface area contributed by atoms with Gasteiger partial charge >= 0.3 is 0 Å². The molecule has 2 aromatic rings. The molecule has 3 rings (SSSR count). The van der Waals surface area contributed by atoms with Crippen molar-refractivity contribution in [2.24, 2.45) is 0 Å². The summed E-state index contributed by atoms with van der Waals surface area (Å²) in [5.74, 6) is 0.328. The van der Waals surface area contributed by atoms with Gasteiger partial charge in [0, 0.05) is 11.6 Å². The molecule has 6 nitrogen and oxygen atoms in total. The molecule has 0 amide bonds. The van der Waals surface area contributed by atoms with Gasteiger partial charge in [-0.05, 0) is 6.07 Å². The summed E-state index contributed by atoms with van der Waals surface area (Å²) in [6.45, 7) is 0.504. The lowest BCUT2D eigenvalue weighted by Crippen LogP contribution is -2.40. The normalized spacial score (nSPS) is 16.2. The number of ether oxygens (including phenoxy) is 1. The summed E-state index contributed by atoms with van der Waals surface area (Å²) in [6.07, 6.45) is 0. The number of nitrogens with two attached hydrogens (primary N) is 1. The molecule has 1 aromatic heterocycles. The summed E-state index contributed by atoms with van der Waals surface area (Å²) in [5, 5.41) is 6.10. The third-order valence-electron chi connectivity index (χ3n) is 3.13. The molecule has 7 heteroatoms. The number of H-pyrrole nitrogens is 1. The predicted molar refractivity (Wildman–Crippen MR) is 70.2 cm³/mol. The van der Waals surface area contributed by atoms with Crippen molar-refractivity contribution in [3.63, 3.8) is 0 Å². The van der Waals surface area contributed by atoms with Crippen molar-refractivity contribution in [3.05, 3.63) is 30.3 Å². The number of nitrogen functional groups attached to an aromatic ring is 1. The van der Waals surface area contributed by atoms with Gasteiger partial charge in [-0.15, -0.1) is 0 Å². The standard InChI is InChI=1S/C12H13N3O3S/c13-12-5-10(14-15-12)9-3-1-2-4-11(9)19(16,17)8-6-18-7-8/h1-5,8H,6-7H2,(H3,13,14,15). The van der Waals surface area contributed by atoms with Crippen molar-refractivity contribution >= 4 is 15.7 Å². The zero-order valence-corrected chi connectivity index (χ0v) is 10.9. The van der Waals surface area contributed by atoms with E-state index in [4.69, 9.17) is 10.5 Å². The smallest absolute Gasteiger partial charge is 0.186 e. The molecular weight excluding hydrogens is 266 g/mol. The second-order valence-corrected chi connectivity index (χ2v) is 6.60. The molecule has 0 saturated carbocycles. The first-order valence-corrected chi connectivity index (χ1v) is 7.35. The van der Waals surface area contributed by atoms with Gasteiger partial charge in [0.1, 0.15) is 11.1 Å². The number of hydrogen-bond donors (Lipinski definition) is 2. The summed E-state index contributed by atoms with van der Waals surface area (Å²) in [5.41, 5.74) is 6.74. The Hall–Kier alpha value is -1.86. The van der Waals surface area contributed by atoms with Crippen LogP contribution >= 0.6 is 0 Å². The second kappa shape index (κ2) is 4.36. The van der Waals surface area contributed by atoms with Gasteiger partial charge in [-0.25, -0.2) is 8.42 Å². The van der Waals surface area contributed by atoms with Gasteiger partial charge in [0.25, 0.3) is 0 Å². The lowest BCUT2D eigenvalue weighted by Gasteiger charge is -2.26. The molecule has 3 N–H and O–H groups in total. The lowest BCUT2D eigenvalue weighted by atomic mass is 10.1. The summed E-state index contributed by atoms with van der Waals surface area (Å²) in [4.78, 5) is 0.284. The van der Waals surface area contributed by atoms with Crippen molar-refractivity contribution in [2.75, 3.05) is 18.9 Å². The van der Waals surface area contributed by atoms with Crippen LogP contribution in [0.15, 0.2) is 35.2 Å². The summed E-state index contributed by atoms with van der Waals surface area (Å²) >= 11 is 0. The number of anilines is 1. The largest absolute Gasteiger partial charge is 0.382 e. The molecule has 2 heterocycles. The summed E-state index contributed by atoms with van der Waals surface area (Å²) in [7, 11) is -3.39. The van der Waals surface area contributed by atoms with Crippen LogP contribution in [0.5, 0.6) is 0 Å². The van der Waals surface area contributed by atoms with Crippen LogP contribution < -0.4 is 5.73 Å². The quantitative estimate of drug-likeness (QED) is 0.867. The molecule has 19 heavy (non-hydrogen) atoms. The minimum Gasteiger partial charge on any atom is -0.382 e. The third kappa shape index (κ3) is 2.00. The van der Waals surface area contributed by atoms with Crippen LogP contribution in [0.3, 0.4) is 0 Å². The van der Waals surface area contributed by atoms with E-state index in [0.29, 0.717) is 17.1 Å². The molecule has 1 aromatic carbocycles. The predicted octanol–water partition coefficient (Wildman–Crippen LogP) is 0.831. The van der Waals surface area contributed by atoms with Crippen LogP contribution in [-0.4, -0.2) is 37.1 Å². The van der Waals surface area contributed by atoms with Crippen molar-refractivity contribution in [1.82, 2.24) is 10.2 Å². The molecule has 0 unspecified atom stereocenters. The Labute approximate surface area is 110 Å². The fraction of sp³-hybridized carbons (Fsp3) is 0.250. The Kier molecular flexibility index (Phi) is 2.79. The van der Waals surface area contributed by atoms with E-state index in [1.807, 2.05) is 0 Å². The Bertz CT molecular complexity index is 705. The van der Waals surface area contributed by atoms with Crippen LogP contribution in [0, 0.1) is 0 Å². The molecule has 0 atom stereocenters. The van der Waals surface area contributed by atoms with E-state index in [0.717, 1.165) is 0 Å². The molecule has 0 radical (unpaired) electrons.